The lowest BCUT2D eigenvalue weighted by Gasteiger charge is -2.35. The van der Waals surface area contributed by atoms with Crippen LogP contribution in [0.25, 0.3) is 11.3 Å². The topological polar surface area (TPSA) is 60.6 Å². The molecule has 118 valence electrons. The number of ether oxygens (including phenoxy) is 2. The van der Waals surface area contributed by atoms with Crippen molar-refractivity contribution in [3.05, 3.63) is 23.1 Å². The summed E-state index contributed by atoms with van der Waals surface area (Å²) >= 11 is 1.51. The molecular weight excluding hydrogens is 298 g/mol. The molecule has 22 heavy (non-hydrogen) atoms. The van der Waals surface area contributed by atoms with Crippen molar-refractivity contribution in [2.75, 3.05) is 31.0 Å². The number of anilines is 2. The molecule has 0 spiro atoms. The van der Waals surface area contributed by atoms with Gasteiger partial charge in [-0.3, -0.25) is 0 Å². The molecular formula is C16H21N3O2S. The van der Waals surface area contributed by atoms with E-state index < -0.39 is 0 Å². The average molecular weight is 319 g/mol. The fourth-order valence-corrected chi connectivity index (χ4v) is 3.46. The van der Waals surface area contributed by atoms with Crippen molar-refractivity contribution >= 4 is 22.2 Å². The van der Waals surface area contributed by atoms with E-state index in [2.05, 4.69) is 22.9 Å². The van der Waals surface area contributed by atoms with Gasteiger partial charge in [0.25, 0.3) is 0 Å². The molecule has 0 bridgehead atoms. The van der Waals surface area contributed by atoms with Gasteiger partial charge in [0.05, 0.1) is 17.9 Å². The lowest BCUT2D eigenvalue weighted by atomic mass is 10.1. The maximum Gasteiger partial charge on any atom is 0.180 e. The zero-order valence-electron chi connectivity index (χ0n) is 13.1. The normalized spacial score (nSPS) is 17.2. The van der Waals surface area contributed by atoms with E-state index in [-0.39, 0.29) is 6.10 Å². The van der Waals surface area contributed by atoms with E-state index in [1.54, 1.807) is 7.11 Å². The van der Waals surface area contributed by atoms with Gasteiger partial charge >= 0.3 is 0 Å². The second kappa shape index (κ2) is 6.14. The first kappa shape index (κ1) is 15.1. The number of aryl methyl sites for hydroxylation is 1. The van der Waals surface area contributed by atoms with Gasteiger partial charge in [-0.15, -0.1) is 11.3 Å². The van der Waals surface area contributed by atoms with Crippen LogP contribution in [0.3, 0.4) is 0 Å². The minimum Gasteiger partial charge on any atom is -0.486 e. The molecule has 2 heterocycles. The third kappa shape index (κ3) is 2.76. The maximum atomic E-state index is 6.04. The molecule has 1 aliphatic rings. The van der Waals surface area contributed by atoms with Crippen molar-refractivity contribution < 1.29 is 9.47 Å². The predicted octanol–water partition coefficient (Wildman–Crippen LogP) is 3.28. The van der Waals surface area contributed by atoms with Crippen LogP contribution in [0.2, 0.25) is 0 Å². The zero-order chi connectivity index (χ0) is 15.7. The molecule has 0 saturated heterocycles. The molecule has 2 aromatic rings. The van der Waals surface area contributed by atoms with E-state index in [1.165, 1.54) is 11.3 Å². The minimum absolute atomic E-state index is 0.199. The summed E-state index contributed by atoms with van der Waals surface area (Å²) in [6, 6.07) is 6.18. The van der Waals surface area contributed by atoms with Gasteiger partial charge in [0.1, 0.15) is 18.6 Å². The fraction of sp³-hybridized carbons (Fsp3) is 0.438. The Hall–Kier alpha value is -1.79. The molecule has 1 unspecified atom stereocenters. The number of hydrogen-bond donors (Lipinski definition) is 1. The minimum atomic E-state index is 0.199. The van der Waals surface area contributed by atoms with Gasteiger partial charge in [-0.05, 0) is 31.5 Å². The monoisotopic (exact) mass is 319 g/mol. The molecule has 1 atom stereocenters. The van der Waals surface area contributed by atoms with Crippen LogP contribution in [-0.2, 0) is 4.74 Å². The van der Waals surface area contributed by atoms with E-state index in [0.717, 1.165) is 40.5 Å². The zero-order valence-corrected chi connectivity index (χ0v) is 13.9. The number of nitrogens with zero attached hydrogens (tertiary/aromatic N) is 2. The molecule has 2 N–H and O–H groups in total. The van der Waals surface area contributed by atoms with Gasteiger partial charge in [-0.2, -0.15) is 0 Å². The van der Waals surface area contributed by atoms with E-state index >= 15 is 0 Å². The van der Waals surface area contributed by atoms with Gasteiger partial charge in [-0.25, -0.2) is 4.98 Å². The molecule has 3 rings (SSSR count). The molecule has 0 aliphatic carbocycles. The van der Waals surface area contributed by atoms with Gasteiger partial charge in [-0.1, -0.05) is 6.92 Å². The van der Waals surface area contributed by atoms with Crippen LogP contribution in [0.1, 0.15) is 18.2 Å². The number of thiazole rings is 1. The first-order valence-corrected chi connectivity index (χ1v) is 8.22. The highest BCUT2D eigenvalue weighted by Gasteiger charge is 2.25. The first-order valence-electron chi connectivity index (χ1n) is 7.40. The Morgan fingerprint density at radius 1 is 1.50 bits per heavy atom. The third-order valence-corrected chi connectivity index (χ3v) is 4.64. The second-order valence-electron chi connectivity index (χ2n) is 5.43. The Morgan fingerprint density at radius 3 is 2.95 bits per heavy atom. The Bertz CT molecular complexity index is 671. The summed E-state index contributed by atoms with van der Waals surface area (Å²) in [5, 5.41) is 0.598. The van der Waals surface area contributed by atoms with Crippen molar-refractivity contribution in [1.82, 2.24) is 4.98 Å². The number of rotatable bonds is 4. The van der Waals surface area contributed by atoms with Crippen LogP contribution in [0.5, 0.6) is 5.75 Å². The van der Waals surface area contributed by atoms with Crippen molar-refractivity contribution in [3.63, 3.8) is 0 Å². The van der Waals surface area contributed by atoms with Gasteiger partial charge in [0.15, 0.2) is 5.13 Å². The Balaban J connectivity index is 2.01. The van der Waals surface area contributed by atoms with Crippen molar-refractivity contribution in [2.45, 2.75) is 26.4 Å². The molecule has 0 saturated carbocycles. The molecule has 1 aromatic heterocycles. The van der Waals surface area contributed by atoms with Crippen molar-refractivity contribution in [1.29, 1.82) is 0 Å². The Labute approximate surface area is 134 Å². The second-order valence-corrected chi connectivity index (χ2v) is 6.66. The number of methoxy groups -OCH3 is 1. The number of benzene rings is 1. The van der Waals surface area contributed by atoms with Crippen molar-refractivity contribution in [2.24, 2.45) is 0 Å². The highest BCUT2D eigenvalue weighted by molar-refractivity contribution is 7.15. The van der Waals surface area contributed by atoms with E-state index in [0.29, 0.717) is 11.9 Å². The Kier molecular flexibility index (Phi) is 4.22. The number of nitrogens with two attached hydrogens (primary N) is 1. The highest BCUT2D eigenvalue weighted by atomic mass is 32.1. The Morgan fingerprint density at radius 2 is 2.32 bits per heavy atom. The predicted molar refractivity (Wildman–Crippen MR) is 90.6 cm³/mol. The van der Waals surface area contributed by atoms with Crippen LogP contribution < -0.4 is 15.4 Å². The molecule has 6 heteroatoms. The van der Waals surface area contributed by atoms with E-state index in [1.807, 2.05) is 19.1 Å². The summed E-state index contributed by atoms with van der Waals surface area (Å²) < 4.78 is 11.4. The largest absolute Gasteiger partial charge is 0.486 e. The van der Waals surface area contributed by atoms with E-state index in [4.69, 9.17) is 15.2 Å². The van der Waals surface area contributed by atoms with Gasteiger partial charge in [0.2, 0.25) is 0 Å². The molecule has 0 radical (unpaired) electrons. The molecule has 0 fully saturated rings. The van der Waals surface area contributed by atoms with E-state index in [9.17, 15) is 0 Å². The highest BCUT2D eigenvalue weighted by Crippen LogP contribution is 2.39. The summed E-state index contributed by atoms with van der Waals surface area (Å²) in [7, 11) is 1.71. The molecule has 5 nitrogen and oxygen atoms in total. The molecule has 1 aromatic carbocycles. The van der Waals surface area contributed by atoms with Crippen LogP contribution in [0, 0.1) is 6.92 Å². The number of aromatic nitrogens is 1. The molecule has 0 amide bonds. The number of fused-ring (bicyclic) bond motifs is 1. The van der Waals surface area contributed by atoms with Crippen LogP contribution in [-0.4, -0.2) is 31.5 Å². The third-order valence-electron chi connectivity index (χ3n) is 3.84. The first-order chi connectivity index (χ1) is 10.6. The van der Waals surface area contributed by atoms with Crippen LogP contribution in [0.15, 0.2) is 18.2 Å². The fourth-order valence-electron chi connectivity index (χ4n) is 2.75. The SMILES string of the molecule is CCC1CN(COC)c2cc(-c3nc(N)sc3C)ccc2O1. The maximum absolute atomic E-state index is 6.04. The lowest BCUT2D eigenvalue weighted by molar-refractivity contribution is 0.150. The standard InChI is InChI=1S/C16H21N3O2S/c1-4-12-8-19(9-20-3)13-7-11(5-6-14(13)21-12)15-10(2)22-16(17)18-15/h5-7,12H,4,8-9H2,1-3H3,(H2,17,18). The average Bonchev–Trinajstić information content (AvgIpc) is 2.85. The summed E-state index contributed by atoms with van der Waals surface area (Å²) in [6.07, 6.45) is 1.17. The summed E-state index contributed by atoms with van der Waals surface area (Å²) in [5.41, 5.74) is 8.87. The molecule has 1 aliphatic heterocycles. The summed E-state index contributed by atoms with van der Waals surface area (Å²) in [5.74, 6) is 0.903. The van der Waals surface area contributed by atoms with Gasteiger partial charge < -0.3 is 20.1 Å². The quantitative estimate of drug-likeness (QED) is 0.937. The smallest absolute Gasteiger partial charge is 0.180 e. The van der Waals surface area contributed by atoms with Crippen molar-refractivity contribution in [3.8, 4) is 17.0 Å². The number of nitrogen functional groups attached to an aromatic ring is 1. The lowest BCUT2D eigenvalue weighted by Crippen LogP contribution is -2.40. The summed E-state index contributed by atoms with van der Waals surface area (Å²) in [4.78, 5) is 7.77. The number of hydrogen-bond acceptors (Lipinski definition) is 6. The van der Waals surface area contributed by atoms with Crippen LogP contribution >= 0.6 is 11.3 Å². The van der Waals surface area contributed by atoms with Gasteiger partial charge in [0, 0.05) is 17.6 Å². The van der Waals surface area contributed by atoms with Crippen LogP contribution in [0.4, 0.5) is 10.8 Å². The summed E-state index contributed by atoms with van der Waals surface area (Å²) in [6.45, 7) is 5.56.